The molecular weight excluding hydrogens is 164 g/mol. The molecule has 72 valence electrons. The fourth-order valence-electron chi connectivity index (χ4n) is 1.17. The van der Waals surface area contributed by atoms with Crippen LogP contribution in [0.15, 0.2) is 12.3 Å². The van der Waals surface area contributed by atoms with Crippen molar-refractivity contribution in [3.8, 4) is 5.75 Å². The summed E-state index contributed by atoms with van der Waals surface area (Å²) in [4.78, 5) is 4.24. The molecule has 0 radical (unpaired) electrons. The second kappa shape index (κ2) is 4.82. The maximum absolute atomic E-state index is 5.60. The van der Waals surface area contributed by atoms with Crippen LogP contribution in [0.25, 0.3) is 0 Å². The summed E-state index contributed by atoms with van der Waals surface area (Å²) < 4.78 is 5.38. The van der Waals surface area contributed by atoms with Gasteiger partial charge in [0.1, 0.15) is 5.75 Å². The van der Waals surface area contributed by atoms with E-state index in [9.17, 15) is 0 Å². The van der Waals surface area contributed by atoms with Gasteiger partial charge in [-0.25, -0.2) is 0 Å². The molecule has 1 aromatic rings. The molecule has 0 saturated heterocycles. The molecule has 0 saturated carbocycles. The predicted molar refractivity (Wildman–Crippen MR) is 52.7 cm³/mol. The third-order valence-electron chi connectivity index (χ3n) is 1.89. The van der Waals surface area contributed by atoms with E-state index in [2.05, 4.69) is 11.9 Å². The van der Waals surface area contributed by atoms with Gasteiger partial charge < -0.3 is 10.5 Å². The number of nitrogens with two attached hydrogens (primary N) is 1. The van der Waals surface area contributed by atoms with Gasteiger partial charge in [0.2, 0.25) is 0 Å². The number of aromatic nitrogens is 1. The second-order valence-electron chi connectivity index (χ2n) is 2.77. The first-order valence-corrected chi connectivity index (χ1v) is 4.62. The van der Waals surface area contributed by atoms with Gasteiger partial charge in [0.25, 0.3) is 0 Å². The number of aryl methyl sites for hydroxylation is 1. The van der Waals surface area contributed by atoms with E-state index >= 15 is 0 Å². The van der Waals surface area contributed by atoms with E-state index in [-0.39, 0.29) is 0 Å². The minimum Gasteiger partial charge on any atom is -0.492 e. The van der Waals surface area contributed by atoms with Crippen molar-refractivity contribution < 1.29 is 4.74 Å². The molecule has 2 N–H and O–H groups in total. The van der Waals surface area contributed by atoms with Crippen molar-refractivity contribution in [1.82, 2.24) is 4.98 Å². The van der Waals surface area contributed by atoms with Crippen LogP contribution in [0.3, 0.4) is 0 Å². The van der Waals surface area contributed by atoms with Crippen LogP contribution < -0.4 is 10.5 Å². The van der Waals surface area contributed by atoms with E-state index in [1.54, 1.807) is 6.20 Å². The van der Waals surface area contributed by atoms with Crippen molar-refractivity contribution in [3.05, 3.63) is 23.5 Å². The summed E-state index contributed by atoms with van der Waals surface area (Å²) >= 11 is 0. The summed E-state index contributed by atoms with van der Waals surface area (Å²) in [6, 6.07) is 2.00. The number of hydrogen-bond donors (Lipinski definition) is 1. The molecule has 0 aliphatic heterocycles. The zero-order valence-corrected chi connectivity index (χ0v) is 8.21. The lowest BCUT2D eigenvalue weighted by Crippen LogP contribution is -2.04. The van der Waals surface area contributed by atoms with Crippen LogP contribution in [-0.2, 0) is 13.0 Å². The van der Waals surface area contributed by atoms with Gasteiger partial charge in [-0.1, -0.05) is 6.92 Å². The van der Waals surface area contributed by atoms with Crippen molar-refractivity contribution in [1.29, 1.82) is 0 Å². The molecule has 1 heterocycles. The summed E-state index contributed by atoms with van der Waals surface area (Å²) in [6.07, 6.45) is 2.68. The van der Waals surface area contributed by atoms with Crippen LogP contribution in [0.5, 0.6) is 5.75 Å². The van der Waals surface area contributed by atoms with E-state index in [0.29, 0.717) is 13.2 Å². The van der Waals surface area contributed by atoms with Crippen molar-refractivity contribution in [2.75, 3.05) is 6.61 Å². The molecule has 0 aliphatic carbocycles. The molecule has 0 amide bonds. The zero-order chi connectivity index (χ0) is 9.68. The van der Waals surface area contributed by atoms with Crippen LogP contribution >= 0.6 is 0 Å². The van der Waals surface area contributed by atoms with Gasteiger partial charge in [-0.2, -0.15) is 0 Å². The summed E-state index contributed by atoms with van der Waals surface area (Å²) in [7, 11) is 0. The lowest BCUT2D eigenvalue weighted by molar-refractivity contribution is 0.335. The molecule has 13 heavy (non-hydrogen) atoms. The molecule has 3 heteroatoms. The first-order chi connectivity index (χ1) is 6.31. The molecule has 0 atom stereocenters. The number of hydrogen-bond acceptors (Lipinski definition) is 3. The Hall–Kier alpha value is -1.09. The Morgan fingerprint density at radius 1 is 1.46 bits per heavy atom. The van der Waals surface area contributed by atoms with Crippen molar-refractivity contribution in [2.45, 2.75) is 26.8 Å². The molecule has 3 nitrogen and oxygen atoms in total. The van der Waals surface area contributed by atoms with E-state index in [1.165, 1.54) is 0 Å². The summed E-state index contributed by atoms with van der Waals surface area (Å²) in [5.41, 5.74) is 7.69. The average Bonchev–Trinajstić information content (AvgIpc) is 2.19. The monoisotopic (exact) mass is 180 g/mol. The summed E-state index contributed by atoms with van der Waals surface area (Å²) in [5.74, 6) is 0.808. The van der Waals surface area contributed by atoms with Gasteiger partial charge in [-0.15, -0.1) is 0 Å². The van der Waals surface area contributed by atoms with Crippen molar-refractivity contribution >= 4 is 0 Å². The summed E-state index contributed by atoms with van der Waals surface area (Å²) in [6.45, 7) is 5.18. The highest BCUT2D eigenvalue weighted by Gasteiger charge is 2.03. The number of rotatable bonds is 4. The van der Waals surface area contributed by atoms with Gasteiger partial charge >= 0.3 is 0 Å². The Morgan fingerprint density at radius 2 is 2.23 bits per heavy atom. The van der Waals surface area contributed by atoms with Gasteiger partial charge in [0.05, 0.1) is 12.8 Å². The molecule has 0 aliphatic rings. The smallest absolute Gasteiger partial charge is 0.142 e. The third kappa shape index (κ3) is 2.42. The molecule has 1 aromatic heterocycles. The number of ether oxygens (including phenoxy) is 1. The minimum atomic E-state index is 0.505. The molecular formula is C10H16N2O. The van der Waals surface area contributed by atoms with Crippen LogP contribution in [0.4, 0.5) is 0 Å². The van der Waals surface area contributed by atoms with Crippen LogP contribution in [0.1, 0.15) is 25.1 Å². The quantitative estimate of drug-likeness (QED) is 0.763. The first kappa shape index (κ1) is 9.99. The zero-order valence-electron chi connectivity index (χ0n) is 8.21. The second-order valence-corrected chi connectivity index (χ2v) is 2.77. The number of nitrogens with zero attached hydrogens (tertiary/aromatic N) is 1. The van der Waals surface area contributed by atoms with Gasteiger partial charge in [0.15, 0.2) is 0 Å². The predicted octanol–water partition coefficient (Wildman–Crippen LogP) is 1.50. The van der Waals surface area contributed by atoms with E-state index in [1.807, 2.05) is 13.0 Å². The maximum Gasteiger partial charge on any atom is 0.142 e. The lowest BCUT2D eigenvalue weighted by atomic mass is 10.2. The van der Waals surface area contributed by atoms with Gasteiger partial charge in [0, 0.05) is 17.8 Å². The van der Waals surface area contributed by atoms with Gasteiger partial charge in [-0.05, 0) is 19.4 Å². The molecule has 1 rings (SSSR count). The fraction of sp³-hybridized carbons (Fsp3) is 0.500. The SMILES string of the molecule is CCOc1cnc(CC)cc1CN. The van der Waals surface area contributed by atoms with Crippen LogP contribution in [0.2, 0.25) is 0 Å². The summed E-state index contributed by atoms with van der Waals surface area (Å²) in [5, 5.41) is 0. The minimum absolute atomic E-state index is 0.505. The van der Waals surface area contributed by atoms with Crippen molar-refractivity contribution in [2.24, 2.45) is 5.73 Å². The topological polar surface area (TPSA) is 48.1 Å². The highest BCUT2D eigenvalue weighted by atomic mass is 16.5. The molecule has 0 bridgehead atoms. The van der Waals surface area contributed by atoms with Crippen molar-refractivity contribution in [3.63, 3.8) is 0 Å². The van der Waals surface area contributed by atoms with E-state index in [4.69, 9.17) is 10.5 Å². The normalized spacial score (nSPS) is 10.1. The Labute approximate surface area is 78.9 Å². The largest absolute Gasteiger partial charge is 0.492 e. The maximum atomic E-state index is 5.60. The standard InChI is InChI=1S/C10H16N2O/c1-3-9-5-8(6-11)10(7-12-9)13-4-2/h5,7H,3-4,6,11H2,1-2H3. The van der Waals surface area contributed by atoms with Crippen LogP contribution in [0, 0.1) is 0 Å². The molecule has 0 unspecified atom stereocenters. The molecule has 0 aromatic carbocycles. The fourth-order valence-corrected chi connectivity index (χ4v) is 1.17. The van der Waals surface area contributed by atoms with E-state index in [0.717, 1.165) is 23.4 Å². The van der Waals surface area contributed by atoms with Crippen LogP contribution in [-0.4, -0.2) is 11.6 Å². The Balaban J connectivity index is 2.93. The molecule has 0 spiro atoms. The Morgan fingerprint density at radius 3 is 2.77 bits per heavy atom. The number of pyridine rings is 1. The Bertz CT molecular complexity index is 274. The third-order valence-corrected chi connectivity index (χ3v) is 1.89. The highest BCUT2D eigenvalue weighted by Crippen LogP contribution is 2.17. The average molecular weight is 180 g/mol. The van der Waals surface area contributed by atoms with Gasteiger partial charge in [-0.3, -0.25) is 4.98 Å². The molecule has 0 fully saturated rings. The Kier molecular flexibility index (Phi) is 3.71. The van der Waals surface area contributed by atoms with E-state index < -0.39 is 0 Å². The highest BCUT2D eigenvalue weighted by molar-refractivity contribution is 5.32. The lowest BCUT2D eigenvalue weighted by Gasteiger charge is -2.08. The first-order valence-electron chi connectivity index (χ1n) is 4.62.